The molecule has 0 saturated carbocycles. The second kappa shape index (κ2) is 6.43. The summed E-state index contributed by atoms with van der Waals surface area (Å²) in [6.45, 7) is 4.04. The molecule has 1 atom stereocenters. The first-order chi connectivity index (χ1) is 9.95. The number of carbonyl (C=O) groups is 2. The Morgan fingerprint density at radius 3 is 2.86 bits per heavy atom. The van der Waals surface area contributed by atoms with Crippen LogP contribution < -0.4 is 0 Å². The topological polar surface area (TPSA) is 72.8 Å². The molecule has 21 heavy (non-hydrogen) atoms. The van der Waals surface area contributed by atoms with Gasteiger partial charge in [0.25, 0.3) is 5.95 Å². The van der Waals surface area contributed by atoms with Crippen molar-refractivity contribution in [2.24, 2.45) is 5.92 Å². The fourth-order valence-electron chi connectivity index (χ4n) is 2.06. The maximum atomic E-state index is 11.7. The Morgan fingerprint density at radius 2 is 2.24 bits per heavy atom. The molecule has 1 aromatic carbocycles. The molecule has 1 aromatic rings. The lowest BCUT2D eigenvalue weighted by Crippen LogP contribution is -2.06. The van der Waals surface area contributed by atoms with Crippen LogP contribution in [0.4, 0.5) is 0 Å². The molecular formula is C16H18O5. The number of benzene rings is 1. The Balaban J connectivity index is 2.05. The minimum Gasteiger partial charge on any atom is -0.481 e. The monoisotopic (exact) mass is 290 g/mol. The number of aliphatic hydroxyl groups is 1. The molecule has 5 heteroatoms. The van der Waals surface area contributed by atoms with Gasteiger partial charge in [0.15, 0.2) is 11.9 Å². The SMILES string of the molecule is CC(C)/C=C(\O)OCc1cccc(C2OC(=O)CC2=O)c1. The number of hydrogen-bond acceptors (Lipinski definition) is 5. The van der Waals surface area contributed by atoms with Gasteiger partial charge >= 0.3 is 5.97 Å². The number of allylic oxidation sites excluding steroid dienone is 1. The third kappa shape index (κ3) is 4.08. The van der Waals surface area contributed by atoms with E-state index in [9.17, 15) is 14.7 Å². The van der Waals surface area contributed by atoms with Crippen LogP contribution in [-0.4, -0.2) is 16.9 Å². The Bertz CT molecular complexity index is 574. The molecule has 1 fully saturated rings. The van der Waals surface area contributed by atoms with Gasteiger partial charge in [-0.25, -0.2) is 0 Å². The average Bonchev–Trinajstić information content (AvgIpc) is 2.75. The maximum Gasteiger partial charge on any atom is 0.314 e. The second-order valence-electron chi connectivity index (χ2n) is 5.30. The van der Waals surface area contributed by atoms with Crippen molar-refractivity contribution in [3.63, 3.8) is 0 Å². The molecule has 0 bridgehead atoms. The molecule has 0 aliphatic carbocycles. The van der Waals surface area contributed by atoms with Crippen molar-refractivity contribution in [3.05, 3.63) is 47.4 Å². The molecule has 1 aliphatic rings. The molecule has 1 unspecified atom stereocenters. The van der Waals surface area contributed by atoms with Crippen molar-refractivity contribution in [2.45, 2.75) is 33.0 Å². The standard InChI is InChI=1S/C16H18O5/c1-10(2)6-14(18)20-9-11-4-3-5-12(7-11)16-13(17)8-15(19)21-16/h3-7,10,16,18H,8-9H2,1-2H3/b14-6+. The highest BCUT2D eigenvalue weighted by atomic mass is 16.6. The van der Waals surface area contributed by atoms with E-state index in [1.807, 2.05) is 19.9 Å². The van der Waals surface area contributed by atoms with Gasteiger partial charge in [-0.2, -0.15) is 0 Å². The largest absolute Gasteiger partial charge is 0.481 e. The van der Waals surface area contributed by atoms with E-state index in [4.69, 9.17) is 9.47 Å². The second-order valence-corrected chi connectivity index (χ2v) is 5.30. The number of hydrogen-bond donors (Lipinski definition) is 1. The number of aliphatic hydroxyl groups excluding tert-OH is 1. The Labute approximate surface area is 123 Å². The van der Waals surface area contributed by atoms with Crippen LogP contribution in [0.3, 0.4) is 0 Å². The van der Waals surface area contributed by atoms with Gasteiger partial charge in [-0.05, 0) is 23.6 Å². The molecule has 2 rings (SSSR count). The van der Waals surface area contributed by atoms with E-state index in [1.54, 1.807) is 24.3 Å². The van der Waals surface area contributed by atoms with Crippen molar-refractivity contribution in [2.75, 3.05) is 0 Å². The first kappa shape index (κ1) is 15.1. The number of carbonyl (C=O) groups excluding carboxylic acids is 2. The van der Waals surface area contributed by atoms with Gasteiger partial charge in [0.1, 0.15) is 13.0 Å². The predicted octanol–water partition coefficient (Wildman–Crippen LogP) is 2.82. The van der Waals surface area contributed by atoms with Crippen LogP contribution in [0.25, 0.3) is 0 Å². The molecule has 0 amide bonds. The molecule has 1 N–H and O–H groups in total. The fourth-order valence-corrected chi connectivity index (χ4v) is 2.06. The highest BCUT2D eigenvalue weighted by Gasteiger charge is 2.33. The van der Waals surface area contributed by atoms with Crippen LogP contribution in [0.5, 0.6) is 0 Å². The third-order valence-corrected chi connectivity index (χ3v) is 2.98. The number of rotatable bonds is 5. The lowest BCUT2D eigenvalue weighted by Gasteiger charge is -2.11. The molecule has 1 heterocycles. The van der Waals surface area contributed by atoms with Crippen LogP contribution in [-0.2, 0) is 25.7 Å². The third-order valence-electron chi connectivity index (χ3n) is 2.98. The fraction of sp³-hybridized carbons (Fsp3) is 0.375. The summed E-state index contributed by atoms with van der Waals surface area (Å²) in [5, 5.41) is 9.55. The molecule has 0 spiro atoms. The summed E-state index contributed by atoms with van der Waals surface area (Å²) in [5.41, 5.74) is 1.41. The van der Waals surface area contributed by atoms with Crippen molar-refractivity contribution in [3.8, 4) is 0 Å². The van der Waals surface area contributed by atoms with Crippen molar-refractivity contribution >= 4 is 11.8 Å². The Kier molecular flexibility index (Phi) is 4.62. The van der Waals surface area contributed by atoms with Crippen molar-refractivity contribution < 1.29 is 24.2 Å². The van der Waals surface area contributed by atoms with Gasteiger partial charge in [0, 0.05) is 5.56 Å². The number of Topliss-reactive ketones (excluding diaryl/α,β-unsaturated/α-hetero) is 1. The highest BCUT2D eigenvalue weighted by molar-refractivity contribution is 6.03. The first-order valence-corrected chi connectivity index (χ1v) is 6.80. The average molecular weight is 290 g/mol. The van der Waals surface area contributed by atoms with E-state index < -0.39 is 12.1 Å². The maximum absolute atomic E-state index is 11.7. The van der Waals surface area contributed by atoms with Crippen LogP contribution in [0, 0.1) is 5.92 Å². The van der Waals surface area contributed by atoms with Crippen molar-refractivity contribution in [1.29, 1.82) is 0 Å². The summed E-state index contributed by atoms with van der Waals surface area (Å²) in [5.74, 6) is -0.671. The van der Waals surface area contributed by atoms with Gasteiger partial charge in [-0.3, -0.25) is 9.59 Å². The lowest BCUT2D eigenvalue weighted by molar-refractivity contribution is -0.142. The molecular weight excluding hydrogens is 272 g/mol. The predicted molar refractivity (Wildman–Crippen MR) is 75.2 cm³/mol. The zero-order valence-corrected chi connectivity index (χ0v) is 12.0. The smallest absolute Gasteiger partial charge is 0.314 e. The zero-order valence-electron chi connectivity index (χ0n) is 12.0. The van der Waals surface area contributed by atoms with Crippen LogP contribution in [0.1, 0.15) is 37.5 Å². The van der Waals surface area contributed by atoms with E-state index >= 15 is 0 Å². The van der Waals surface area contributed by atoms with E-state index in [-0.39, 0.29) is 30.7 Å². The number of esters is 1. The molecule has 1 saturated heterocycles. The van der Waals surface area contributed by atoms with E-state index in [2.05, 4.69) is 0 Å². The zero-order chi connectivity index (χ0) is 15.4. The van der Waals surface area contributed by atoms with Crippen molar-refractivity contribution in [1.82, 2.24) is 0 Å². The minimum absolute atomic E-state index is 0.126. The number of ketones is 1. The highest BCUT2D eigenvalue weighted by Crippen LogP contribution is 2.27. The summed E-state index contributed by atoms with van der Waals surface area (Å²) < 4.78 is 10.2. The molecule has 0 radical (unpaired) electrons. The Morgan fingerprint density at radius 1 is 1.48 bits per heavy atom. The quantitative estimate of drug-likeness (QED) is 0.513. The minimum atomic E-state index is -0.822. The van der Waals surface area contributed by atoms with Gasteiger partial charge < -0.3 is 14.6 Å². The summed E-state index contributed by atoms with van der Waals surface area (Å²) in [4.78, 5) is 22.8. The molecule has 0 aromatic heterocycles. The number of ether oxygens (including phenoxy) is 2. The molecule has 1 aliphatic heterocycles. The van der Waals surface area contributed by atoms with E-state index in [1.165, 1.54) is 0 Å². The van der Waals surface area contributed by atoms with Crippen LogP contribution in [0.15, 0.2) is 36.3 Å². The van der Waals surface area contributed by atoms with Gasteiger partial charge in [0.2, 0.25) is 0 Å². The molecule has 112 valence electrons. The van der Waals surface area contributed by atoms with E-state index in [0.29, 0.717) is 5.56 Å². The lowest BCUT2D eigenvalue weighted by atomic mass is 10.0. The summed E-state index contributed by atoms with van der Waals surface area (Å²) >= 11 is 0. The summed E-state index contributed by atoms with van der Waals surface area (Å²) in [7, 11) is 0. The number of cyclic esters (lactones) is 1. The van der Waals surface area contributed by atoms with Gasteiger partial charge in [0.05, 0.1) is 0 Å². The van der Waals surface area contributed by atoms with Crippen LogP contribution >= 0.6 is 0 Å². The summed E-state index contributed by atoms with van der Waals surface area (Å²) in [6, 6.07) is 7.04. The Hall–Kier alpha value is -2.30. The van der Waals surface area contributed by atoms with E-state index in [0.717, 1.165) is 5.56 Å². The van der Waals surface area contributed by atoms with Crippen LogP contribution in [0.2, 0.25) is 0 Å². The summed E-state index contributed by atoms with van der Waals surface area (Å²) in [6.07, 6.45) is 0.604. The normalized spacial score (nSPS) is 19.0. The molecule has 5 nitrogen and oxygen atoms in total. The first-order valence-electron chi connectivity index (χ1n) is 6.80. The van der Waals surface area contributed by atoms with Gasteiger partial charge in [-0.1, -0.05) is 32.0 Å². The van der Waals surface area contributed by atoms with Gasteiger partial charge in [-0.15, -0.1) is 0 Å².